The van der Waals surface area contributed by atoms with Crippen molar-refractivity contribution in [1.29, 1.82) is 0 Å². The van der Waals surface area contributed by atoms with Crippen LogP contribution in [-0.2, 0) is 15.0 Å². The van der Waals surface area contributed by atoms with Crippen molar-refractivity contribution in [3.8, 4) is 0 Å². The maximum Gasteiger partial charge on any atom is 0.235 e. The number of nitrogens with two attached hydrogens (primary N) is 1. The Hall–Kier alpha value is -3.12. The van der Waals surface area contributed by atoms with E-state index in [0.717, 1.165) is 48.4 Å². The minimum absolute atomic E-state index is 0.0912. The topological polar surface area (TPSA) is 72.4 Å². The molecule has 1 fully saturated rings. The van der Waals surface area contributed by atoms with Crippen molar-refractivity contribution in [3.63, 3.8) is 0 Å². The van der Waals surface area contributed by atoms with Crippen molar-refractivity contribution in [2.24, 2.45) is 15.8 Å². The number of rotatable bonds is 8. The fraction of sp³-hybridized carbons (Fsp3) is 0.429. The van der Waals surface area contributed by atoms with E-state index >= 15 is 0 Å². The van der Waals surface area contributed by atoms with E-state index in [9.17, 15) is 0 Å². The number of hydrazone groups is 1. The van der Waals surface area contributed by atoms with Gasteiger partial charge in [-0.3, -0.25) is 4.99 Å². The highest BCUT2D eigenvalue weighted by molar-refractivity contribution is 6.07. The Morgan fingerprint density at radius 2 is 1.76 bits per heavy atom. The van der Waals surface area contributed by atoms with Gasteiger partial charge in [-0.1, -0.05) is 67.9 Å². The molecule has 0 spiro atoms. The Kier molecular flexibility index (Phi) is 6.42. The quantitative estimate of drug-likeness (QED) is 0.524. The minimum atomic E-state index is -0.171. The molecule has 6 nitrogen and oxygen atoms in total. The van der Waals surface area contributed by atoms with Gasteiger partial charge in [0.2, 0.25) is 5.90 Å². The van der Waals surface area contributed by atoms with Crippen LogP contribution in [0.3, 0.4) is 0 Å². The predicted molar refractivity (Wildman–Crippen MR) is 135 cm³/mol. The molecule has 178 valence electrons. The summed E-state index contributed by atoms with van der Waals surface area (Å²) in [5.74, 6) is 2.04. The van der Waals surface area contributed by atoms with E-state index in [2.05, 4.69) is 55.5 Å². The third-order valence-electron chi connectivity index (χ3n) is 6.98. The summed E-state index contributed by atoms with van der Waals surface area (Å²) >= 11 is 0. The van der Waals surface area contributed by atoms with Gasteiger partial charge in [0, 0.05) is 11.6 Å². The Labute approximate surface area is 202 Å². The molecule has 6 heteroatoms. The number of fused-ring (bicyclic) bond motifs is 1. The number of aliphatic imine (C=N–C) groups is 1. The van der Waals surface area contributed by atoms with E-state index in [1.807, 2.05) is 24.1 Å². The molecule has 2 heterocycles. The Balaban J connectivity index is 1.53. The Morgan fingerprint density at radius 3 is 2.41 bits per heavy atom. The van der Waals surface area contributed by atoms with Crippen LogP contribution in [0.2, 0.25) is 0 Å². The lowest BCUT2D eigenvalue weighted by atomic mass is 9.72. The molecule has 0 radical (unpaired) electrons. The van der Waals surface area contributed by atoms with Gasteiger partial charge in [0.15, 0.2) is 11.6 Å². The summed E-state index contributed by atoms with van der Waals surface area (Å²) in [5, 5.41) is 6.83. The molecular weight excluding hydrogens is 424 g/mol. The number of benzene rings is 2. The highest BCUT2D eigenvalue weighted by Crippen LogP contribution is 2.45. The maximum absolute atomic E-state index is 6.57. The number of ether oxygens (including phenoxy) is 2. The highest BCUT2D eigenvalue weighted by atomic mass is 16.5. The second kappa shape index (κ2) is 9.63. The van der Waals surface area contributed by atoms with Gasteiger partial charge in [-0.2, -0.15) is 0 Å². The number of hydrogen-bond donors (Lipinski definition) is 1. The van der Waals surface area contributed by atoms with Gasteiger partial charge in [-0.15, -0.1) is 5.10 Å². The molecule has 3 aliphatic rings. The minimum Gasteiger partial charge on any atom is -0.489 e. The van der Waals surface area contributed by atoms with Crippen LogP contribution in [0.4, 0.5) is 0 Å². The summed E-state index contributed by atoms with van der Waals surface area (Å²) in [6.45, 7) is 5.31. The van der Waals surface area contributed by atoms with E-state index < -0.39 is 0 Å². The Morgan fingerprint density at radius 1 is 1.00 bits per heavy atom. The fourth-order valence-electron chi connectivity index (χ4n) is 4.87. The van der Waals surface area contributed by atoms with Gasteiger partial charge >= 0.3 is 0 Å². The van der Waals surface area contributed by atoms with Crippen LogP contribution in [-0.4, -0.2) is 30.0 Å². The molecule has 34 heavy (non-hydrogen) atoms. The number of nitrogens with zero attached hydrogens (tertiary/aromatic N) is 3. The van der Waals surface area contributed by atoms with Gasteiger partial charge in [-0.05, 0) is 49.3 Å². The van der Waals surface area contributed by atoms with Crippen molar-refractivity contribution in [1.82, 2.24) is 5.01 Å². The SMILES string of the molecule is CCCCOC1=CC(OCC)=NN2C1=NC(c1ccc(C3(N)CCC3)cc1)C2c1ccccc1. The molecule has 0 bridgehead atoms. The van der Waals surface area contributed by atoms with Gasteiger partial charge in [-0.25, -0.2) is 5.01 Å². The normalized spacial score (nSPS) is 22.8. The number of hydrogen-bond acceptors (Lipinski definition) is 6. The lowest BCUT2D eigenvalue weighted by Gasteiger charge is -2.38. The lowest BCUT2D eigenvalue weighted by Crippen LogP contribution is -2.43. The average Bonchev–Trinajstić information content (AvgIpc) is 3.23. The van der Waals surface area contributed by atoms with Crippen LogP contribution < -0.4 is 5.73 Å². The van der Waals surface area contributed by atoms with E-state index in [4.69, 9.17) is 25.3 Å². The molecule has 1 saturated carbocycles. The summed E-state index contributed by atoms with van der Waals surface area (Å²) in [6.07, 6.45) is 7.23. The zero-order valence-corrected chi connectivity index (χ0v) is 20.1. The van der Waals surface area contributed by atoms with Crippen molar-refractivity contribution >= 4 is 11.7 Å². The van der Waals surface area contributed by atoms with Gasteiger partial charge < -0.3 is 15.2 Å². The summed E-state index contributed by atoms with van der Waals surface area (Å²) in [7, 11) is 0. The summed E-state index contributed by atoms with van der Waals surface area (Å²) < 4.78 is 12.0. The second-order valence-electron chi connectivity index (χ2n) is 9.31. The number of unbranched alkanes of at least 4 members (excludes halogenated alkanes) is 1. The third-order valence-corrected chi connectivity index (χ3v) is 6.98. The lowest BCUT2D eigenvalue weighted by molar-refractivity contribution is 0.208. The fourth-order valence-corrected chi connectivity index (χ4v) is 4.87. The second-order valence-corrected chi connectivity index (χ2v) is 9.31. The molecule has 2 aromatic carbocycles. The zero-order valence-electron chi connectivity index (χ0n) is 20.1. The predicted octanol–water partition coefficient (Wildman–Crippen LogP) is 5.59. The summed E-state index contributed by atoms with van der Waals surface area (Å²) in [5.41, 5.74) is 9.90. The van der Waals surface area contributed by atoms with Crippen LogP contribution in [0.5, 0.6) is 0 Å². The molecule has 0 aromatic heterocycles. The first-order valence-corrected chi connectivity index (χ1v) is 12.5. The number of amidine groups is 1. The van der Waals surface area contributed by atoms with Crippen LogP contribution in [0.1, 0.15) is 74.7 Å². The third kappa shape index (κ3) is 4.23. The zero-order chi connectivity index (χ0) is 23.5. The molecule has 2 aromatic rings. The molecule has 2 aliphatic heterocycles. The largest absolute Gasteiger partial charge is 0.489 e. The van der Waals surface area contributed by atoms with E-state index in [-0.39, 0.29) is 17.6 Å². The first-order chi connectivity index (χ1) is 16.6. The van der Waals surface area contributed by atoms with Gasteiger partial charge in [0.1, 0.15) is 12.1 Å². The average molecular weight is 459 g/mol. The van der Waals surface area contributed by atoms with Crippen molar-refractivity contribution in [2.75, 3.05) is 13.2 Å². The van der Waals surface area contributed by atoms with Crippen LogP contribution in [0.15, 0.2) is 76.5 Å². The molecule has 0 amide bonds. The molecule has 2 unspecified atom stereocenters. The van der Waals surface area contributed by atoms with Crippen molar-refractivity contribution < 1.29 is 9.47 Å². The van der Waals surface area contributed by atoms with Gasteiger partial charge in [0.25, 0.3) is 0 Å². The maximum atomic E-state index is 6.57. The Bertz CT molecular complexity index is 1090. The first kappa shape index (κ1) is 22.7. The van der Waals surface area contributed by atoms with E-state index in [1.165, 1.54) is 12.0 Å². The standard InChI is InChI=1S/C28H34N4O2/c1-3-5-18-34-23-19-24(33-4-2)31-32-26(21-10-7-6-8-11-21)25(30-27(23)32)20-12-14-22(15-13-20)28(29)16-9-17-28/h6-8,10-15,19,25-26H,3-5,9,16-18,29H2,1-2H3. The molecular formula is C28H34N4O2. The smallest absolute Gasteiger partial charge is 0.235 e. The monoisotopic (exact) mass is 458 g/mol. The van der Waals surface area contributed by atoms with Crippen LogP contribution in [0, 0.1) is 0 Å². The van der Waals surface area contributed by atoms with Gasteiger partial charge in [0.05, 0.1) is 13.2 Å². The van der Waals surface area contributed by atoms with Crippen LogP contribution in [0.25, 0.3) is 0 Å². The summed E-state index contributed by atoms with van der Waals surface area (Å²) in [6, 6.07) is 18.9. The molecule has 2 atom stereocenters. The van der Waals surface area contributed by atoms with Crippen molar-refractivity contribution in [2.45, 2.75) is 63.6 Å². The van der Waals surface area contributed by atoms with E-state index in [0.29, 0.717) is 19.1 Å². The first-order valence-electron chi connectivity index (χ1n) is 12.5. The van der Waals surface area contributed by atoms with E-state index in [1.54, 1.807) is 0 Å². The van der Waals surface area contributed by atoms with Crippen LogP contribution >= 0.6 is 0 Å². The molecule has 5 rings (SSSR count). The molecule has 2 N–H and O–H groups in total. The molecule has 1 aliphatic carbocycles. The summed E-state index contributed by atoms with van der Waals surface area (Å²) in [4.78, 5) is 5.17. The highest BCUT2D eigenvalue weighted by Gasteiger charge is 2.43. The van der Waals surface area contributed by atoms with Crippen molar-refractivity contribution in [3.05, 3.63) is 83.1 Å². The molecule has 0 saturated heterocycles.